The van der Waals surface area contributed by atoms with E-state index in [0.29, 0.717) is 12.1 Å². The van der Waals surface area contributed by atoms with Gasteiger partial charge in [0.2, 0.25) is 0 Å². The second kappa shape index (κ2) is 7.78. The van der Waals surface area contributed by atoms with Crippen molar-refractivity contribution >= 4 is 18.0 Å². The number of methoxy groups -OCH3 is 1. The van der Waals surface area contributed by atoms with E-state index < -0.39 is 5.97 Å². The fourth-order valence-electron chi connectivity index (χ4n) is 1.95. The average molecular weight is 295 g/mol. The third-order valence-electron chi connectivity index (χ3n) is 3.13. The molecule has 0 spiro atoms. The number of amides is 1. The third kappa shape index (κ3) is 4.31. The number of carbonyl (C=O) groups excluding carboxylic acids is 2. The van der Waals surface area contributed by atoms with E-state index >= 15 is 0 Å². The maximum Gasteiger partial charge on any atom is 0.330 e. The first-order chi connectivity index (χ1) is 10.7. The normalized spacial score (nSPS) is 10.4. The number of ether oxygens (including phenoxy) is 1. The van der Waals surface area contributed by atoms with Crippen molar-refractivity contribution in [3.63, 3.8) is 0 Å². The third-order valence-corrected chi connectivity index (χ3v) is 3.13. The van der Waals surface area contributed by atoms with Gasteiger partial charge in [-0.25, -0.2) is 4.79 Å². The Balaban J connectivity index is 2.05. The van der Waals surface area contributed by atoms with E-state index in [4.69, 9.17) is 0 Å². The van der Waals surface area contributed by atoms with Gasteiger partial charge in [0, 0.05) is 18.2 Å². The molecular formula is C18H17NO3. The monoisotopic (exact) mass is 295 g/mol. The van der Waals surface area contributed by atoms with Crippen molar-refractivity contribution < 1.29 is 14.3 Å². The van der Waals surface area contributed by atoms with Crippen LogP contribution >= 0.6 is 0 Å². The molecule has 0 atom stereocenters. The predicted octanol–water partition coefficient (Wildman–Crippen LogP) is 2.80. The van der Waals surface area contributed by atoms with Crippen molar-refractivity contribution in [2.45, 2.75) is 6.54 Å². The van der Waals surface area contributed by atoms with Crippen molar-refractivity contribution in [3.05, 3.63) is 77.4 Å². The Morgan fingerprint density at radius 2 is 1.73 bits per heavy atom. The molecule has 1 amide bonds. The van der Waals surface area contributed by atoms with Gasteiger partial charge in [-0.05, 0) is 29.3 Å². The van der Waals surface area contributed by atoms with Gasteiger partial charge in [0.05, 0.1) is 7.11 Å². The van der Waals surface area contributed by atoms with Gasteiger partial charge in [-0.3, -0.25) is 4.79 Å². The predicted molar refractivity (Wildman–Crippen MR) is 85.1 cm³/mol. The first-order valence-electron chi connectivity index (χ1n) is 6.88. The molecule has 0 saturated heterocycles. The summed E-state index contributed by atoms with van der Waals surface area (Å²) in [6, 6.07) is 16.6. The van der Waals surface area contributed by atoms with Crippen LogP contribution < -0.4 is 5.32 Å². The molecule has 0 aliphatic carbocycles. The zero-order valence-electron chi connectivity index (χ0n) is 12.3. The minimum absolute atomic E-state index is 0.132. The lowest BCUT2D eigenvalue weighted by Gasteiger charge is -2.08. The molecule has 1 N–H and O–H groups in total. The maximum absolute atomic E-state index is 12.0. The Hall–Kier alpha value is -2.88. The van der Waals surface area contributed by atoms with Crippen molar-refractivity contribution in [3.8, 4) is 0 Å². The van der Waals surface area contributed by atoms with E-state index in [9.17, 15) is 9.59 Å². The zero-order chi connectivity index (χ0) is 15.8. The smallest absolute Gasteiger partial charge is 0.330 e. The Labute approximate surface area is 129 Å². The summed E-state index contributed by atoms with van der Waals surface area (Å²) >= 11 is 0. The van der Waals surface area contributed by atoms with Crippen LogP contribution in [-0.2, 0) is 16.1 Å². The summed E-state index contributed by atoms with van der Waals surface area (Å²) in [6.07, 6.45) is 3.04. The molecule has 0 aliphatic heterocycles. The van der Waals surface area contributed by atoms with Gasteiger partial charge in [-0.15, -0.1) is 0 Å². The SMILES string of the molecule is COC(=O)/C=C/c1ccccc1CNC(=O)c1ccccc1. The van der Waals surface area contributed by atoms with Gasteiger partial charge >= 0.3 is 5.97 Å². The highest BCUT2D eigenvalue weighted by Crippen LogP contribution is 2.11. The fourth-order valence-corrected chi connectivity index (χ4v) is 1.95. The van der Waals surface area contributed by atoms with Gasteiger partial charge in [-0.1, -0.05) is 42.5 Å². The molecule has 0 saturated carbocycles. The maximum atomic E-state index is 12.0. The number of carbonyl (C=O) groups is 2. The number of rotatable bonds is 5. The first kappa shape index (κ1) is 15.5. The second-order valence-electron chi connectivity index (χ2n) is 4.60. The summed E-state index contributed by atoms with van der Waals surface area (Å²) < 4.78 is 4.57. The number of nitrogens with one attached hydrogen (secondary N) is 1. The fraction of sp³-hybridized carbons (Fsp3) is 0.111. The van der Waals surface area contributed by atoms with E-state index in [1.807, 2.05) is 42.5 Å². The largest absolute Gasteiger partial charge is 0.466 e. The van der Waals surface area contributed by atoms with E-state index in [-0.39, 0.29) is 5.91 Å². The Kier molecular flexibility index (Phi) is 5.49. The highest BCUT2D eigenvalue weighted by Gasteiger charge is 2.05. The van der Waals surface area contributed by atoms with E-state index in [2.05, 4.69) is 10.1 Å². The minimum Gasteiger partial charge on any atom is -0.466 e. The second-order valence-corrected chi connectivity index (χ2v) is 4.60. The molecule has 0 bridgehead atoms. The molecule has 0 aliphatic rings. The molecule has 0 unspecified atom stereocenters. The van der Waals surface area contributed by atoms with Crippen LogP contribution in [-0.4, -0.2) is 19.0 Å². The molecule has 112 valence electrons. The average Bonchev–Trinajstić information content (AvgIpc) is 2.59. The lowest BCUT2D eigenvalue weighted by molar-refractivity contribution is -0.134. The minimum atomic E-state index is -0.414. The standard InChI is InChI=1S/C18H17NO3/c1-22-17(20)12-11-14-7-5-6-10-16(14)13-19-18(21)15-8-3-2-4-9-15/h2-12H,13H2,1H3,(H,19,21)/b12-11+. The molecule has 2 aromatic rings. The number of hydrogen-bond donors (Lipinski definition) is 1. The lowest BCUT2D eigenvalue weighted by atomic mass is 10.1. The molecule has 4 heteroatoms. The van der Waals surface area contributed by atoms with Crippen LogP contribution in [0.25, 0.3) is 6.08 Å². The van der Waals surface area contributed by atoms with Crippen LogP contribution in [0.15, 0.2) is 60.7 Å². The van der Waals surface area contributed by atoms with Crippen LogP contribution in [0.1, 0.15) is 21.5 Å². The van der Waals surface area contributed by atoms with E-state index in [0.717, 1.165) is 11.1 Å². The zero-order valence-corrected chi connectivity index (χ0v) is 12.3. The molecule has 0 heterocycles. The molecule has 0 aromatic heterocycles. The summed E-state index contributed by atoms with van der Waals surface area (Å²) in [4.78, 5) is 23.2. The first-order valence-corrected chi connectivity index (χ1v) is 6.88. The summed E-state index contributed by atoms with van der Waals surface area (Å²) in [5, 5.41) is 2.87. The molecule has 4 nitrogen and oxygen atoms in total. The molecule has 2 aromatic carbocycles. The van der Waals surface area contributed by atoms with Gasteiger partial charge in [0.1, 0.15) is 0 Å². The van der Waals surface area contributed by atoms with Gasteiger partial charge in [0.25, 0.3) is 5.91 Å². The van der Waals surface area contributed by atoms with Crippen molar-refractivity contribution in [1.82, 2.24) is 5.32 Å². The Bertz CT molecular complexity index is 678. The molecule has 2 rings (SSSR count). The highest BCUT2D eigenvalue weighted by molar-refractivity contribution is 5.94. The highest BCUT2D eigenvalue weighted by atomic mass is 16.5. The van der Waals surface area contributed by atoms with Gasteiger partial charge < -0.3 is 10.1 Å². The summed E-state index contributed by atoms with van der Waals surface area (Å²) in [6.45, 7) is 0.384. The summed E-state index contributed by atoms with van der Waals surface area (Å²) in [5.74, 6) is -0.546. The van der Waals surface area contributed by atoms with Gasteiger partial charge in [0.15, 0.2) is 0 Å². The van der Waals surface area contributed by atoms with Crippen molar-refractivity contribution in [2.75, 3.05) is 7.11 Å². The van der Waals surface area contributed by atoms with Crippen LogP contribution in [0, 0.1) is 0 Å². The van der Waals surface area contributed by atoms with E-state index in [1.54, 1.807) is 18.2 Å². The van der Waals surface area contributed by atoms with Crippen LogP contribution in [0.5, 0.6) is 0 Å². The van der Waals surface area contributed by atoms with Gasteiger partial charge in [-0.2, -0.15) is 0 Å². The Morgan fingerprint density at radius 1 is 1.05 bits per heavy atom. The Morgan fingerprint density at radius 3 is 2.45 bits per heavy atom. The van der Waals surface area contributed by atoms with E-state index in [1.165, 1.54) is 13.2 Å². The topological polar surface area (TPSA) is 55.4 Å². The molecule has 0 radical (unpaired) electrons. The summed E-state index contributed by atoms with van der Waals surface area (Å²) in [5.41, 5.74) is 2.40. The van der Waals surface area contributed by atoms with Crippen molar-refractivity contribution in [1.29, 1.82) is 0 Å². The molecular weight excluding hydrogens is 278 g/mol. The number of esters is 1. The summed E-state index contributed by atoms with van der Waals surface area (Å²) in [7, 11) is 1.33. The molecule has 0 fully saturated rings. The van der Waals surface area contributed by atoms with Crippen LogP contribution in [0.4, 0.5) is 0 Å². The quantitative estimate of drug-likeness (QED) is 0.681. The lowest BCUT2D eigenvalue weighted by Crippen LogP contribution is -2.23. The molecule has 22 heavy (non-hydrogen) atoms. The van der Waals surface area contributed by atoms with Crippen molar-refractivity contribution in [2.24, 2.45) is 0 Å². The van der Waals surface area contributed by atoms with Crippen LogP contribution in [0.2, 0.25) is 0 Å². The number of benzene rings is 2. The number of hydrogen-bond acceptors (Lipinski definition) is 3. The van der Waals surface area contributed by atoms with Crippen LogP contribution in [0.3, 0.4) is 0 Å².